The smallest absolute Gasteiger partial charge is 0.0320 e. The van der Waals surface area contributed by atoms with Gasteiger partial charge >= 0.3 is 0 Å². The Labute approximate surface area is 63.6 Å². The minimum atomic E-state index is 0.763. The second-order valence-corrected chi connectivity index (χ2v) is 3.60. The molecule has 1 saturated heterocycles. The molecule has 0 spiro atoms. The maximum absolute atomic E-state index is 3.26. The lowest BCUT2D eigenvalue weighted by Gasteiger charge is -2.40. The van der Waals surface area contributed by atoms with Crippen LogP contribution < -0.4 is 5.32 Å². The van der Waals surface area contributed by atoms with E-state index < -0.39 is 0 Å². The molecule has 10 heavy (non-hydrogen) atoms. The highest BCUT2D eigenvalue weighted by molar-refractivity contribution is 4.84. The van der Waals surface area contributed by atoms with Gasteiger partial charge < -0.3 is 5.32 Å². The van der Waals surface area contributed by atoms with Gasteiger partial charge in [-0.3, -0.25) is 4.90 Å². The zero-order chi connectivity index (χ0) is 7.56. The third-order valence-electron chi connectivity index (χ3n) is 1.99. The van der Waals surface area contributed by atoms with Crippen molar-refractivity contribution >= 4 is 0 Å². The maximum atomic E-state index is 3.26. The lowest BCUT2D eigenvalue weighted by molar-refractivity contribution is 0.117. The molecule has 1 fully saturated rings. The van der Waals surface area contributed by atoms with Crippen molar-refractivity contribution in [3.8, 4) is 0 Å². The van der Waals surface area contributed by atoms with Gasteiger partial charge in [0.05, 0.1) is 0 Å². The average Bonchev–Trinajstić information content (AvgIpc) is 1.76. The molecule has 0 unspecified atom stereocenters. The van der Waals surface area contributed by atoms with E-state index in [9.17, 15) is 0 Å². The van der Waals surface area contributed by atoms with Crippen molar-refractivity contribution in [3.63, 3.8) is 0 Å². The Morgan fingerprint density at radius 2 is 2.10 bits per heavy atom. The van der Waals surface area contributed by atoms with Gasteiger partial charge in [0.15, 0.2) is 0 Å². The SMILES string of the molecule is CNC1CN(CC(C)C)C1. The van der Waals surface area contributed by atoms with Gasteiger partial charge in [0.1, 0.15) is 0 Å². The highest BCUT2D eigenvalue weighted by Gasteiger charge is 2.24. The van der Waals surface area contributed by atoms with Crippen molar-refractivity contribution in [1.29, 1.82) is 0 Å². The van der Waals surface area contributed by atoms with Crippen LogP contribution in [-0.4, -0.2) is 37.6 Å². The van der Waals surface area contributed by atoms with E-state index in [-0.39, 0.29) is 0 Å². The van der Waals surface area contributed by atoms with E-state index in [1.807, 2.05) is 7.05 Å². The summed E-state index contributed by atoms with van der Waals surface area (Å²) >= 11 is 0. The van der Waals surface area contributed by atoms with Crippen molar-refractivity contribution in [3.05, 3.63) is 0 Å². The summed E-state index contributed by atoms with van der Waals surface area (Å²) in [7, 11) is 2.04. The largest absolute Gasteiger partial charge is 0.315 e. The van der Waals surface area contributed by atoms with Crippen LogP contribution in [0.5, 0.6) is 0 Å². The summed E-state index contributed by atoms with van der Waals surface area (Å²) < 4.78 is 0. The zero-order valence-electron chi connectivity index (χ0n) is 7.22. The van der Waals surface area contributed by atoms with Crippen LogP contribution in [0.3, 0.4) is 0 Å². The number of hydrogen-bond donors (Lipinski definition) is 1. The highest BCUT2D eigenvalue weighted by Crippen LogP contribution is 2.09. The predicted molar refractivity (Wildman–Crippen MR) is 44.1 cm³/mol. The minimum absolute atomic E-state index is 0.763. The van der Waals surface area contributed by atoms with E-state index >= 15 is 0 Å². The van der Waals surface area contributed by atoms with Crippen molar-refractivity contribution in [1.82, 2.24) is 10.2 Å². The highest BCUT2D eigenvalue weighted by atomic mass is 15.2. The fraction of sp³-hybridized carbons (Fsp3) is 1.00. The summed E-state index contributed by atoms with van der Waals surface area (Å²) in [6.07, 6.45) is 0. The van der Waals surface area contributed by atoms with Crippen molar-refractivity contribution in [2.45, 2.75) is 19.9 Å². The van der Waals surface area contributed by atoms with E-state index in [0.717, 1.165) is 12.0 Å². The van der Waals surface area contributed by atoms with Crippen LogP contribution in [0.2, 0.25) is 0 Å². The molecule has 0 aromatic carbocycles. The first kappa shape index (κ1) is 8.02. The summed E-state index contributed by atoms with van der Waals surface area (Å²) in [5, 5.41) is 3.26. The first-order chi connectivity index (χ1) is 4.72. The van der Waals surface area contributed by atoms with Gasteiger partial charge in [0, 0.05) is 25.7 Å². The topological polar surface area (TPSA) is 15.3 Å². The molecule has 0 aromatic rings. The first-order valence-corrected chi connectivity index (χ1v) is 4.12. The molecular formula is C8H18N2. The standard InChI is InChI=1S/C8H18N2/c1-7(2)4-10-5-8(6-10)9-3/h7-9H,4-6H2,1-3H3. The summed E-state index contributed by atoms with van der Waals surface area (Å²) in [5.74, 6) is 0.817. The van der Waals surface area contributed by atoms with Crippen LogP contribution in [0.1, 0.15) is 13.8 Å². The van der Waals surface area contributed by atoms with E-state index in [1.54, 1.807) is 0 Å². The average molecular weight is 142 g/mol. The van der Waals surface area contributed by atoms with Gasteiger partial charge in [-0.1, -0.05) is 13.8 Å². The molecule has 0 atom stereocenters. The van der Waals surface area contributed by atoms with Gasteiger partial charge in [-0.15, -0.1) is 0 Å². The lowest BCUT2D eigenvalue weighted by Crippen LogP contribution is -2.57. The maximum Gasteiger partial charge on any atom is 0.0320 e. The molecule has 2 heteroatoms. The first-order valence-electron chi connectivity index (χ1n) is 4.12. The van der Waals surface area contributed by atoms with Gasteiger partial charge in [-0.05, 0) is 13.0 Å². The molecule has 1 aliphatic heterocycles. The number of rotatable bonds is 3. The van der Waals surface area contributed by atoms with Crippen molar-refractivity contribution in [2.75, 3.05) is 26.7 Å². The molecule has 0 aromatic heterocycles. The van der Waals surface area contributed by atoms with E-state index in [1.165, 1.54) is 19.6 Å². The van der Waals surface area contributed by atoms with Crippen molar-refractivity contribution < 1.29 is 0 Å². The molecule has 0 amide bonds. The van der Waals surface area contributed by atoms with Gasteiger partial charge in [-0.25, -0.2) is 0 Å². The number of likely N-dealkylation sites (N-methyl/N-ethyl adjacent to an activating group) is 1. The Hall–Kier alpha value is -0.0800. The predicted octanol–water partition coefficient (Wildman–Crippen LogP) is 0.546. The fourth-order valence-corrected chi connectivity index (χ4v) is 1.42. The Kier molecular flexibility index (Phi) is 2.69. The normalized spacial score (nSPS) is 21.6. The Morgan fingerprint density at radius 1 is 1.50 bits per heavy atom. The second kappa shape index (κ2) is 3.35. The zero-order valence-corrected chi connectivity index (χ0v) is 7.22. The molecule has 0 aliphatic carbocycles. The van der Waals surface area contributed by atoms with Crippen LogP contribution in [0.4, 0.5) is 0 Å². The molecule has 1 aliphatic rings. The number of hydrogen-bond acceptors (Lipinski definition) is 2. The van der Waals surface area contributed by atoms with Gasteiger partial charge in [0.25, 0.3) is 0 Å². The minimum Gasteiger partial charge on any atom is -0.315 e. The van der Waals surface area contributed by atoms with Crippen LogP contribution >= 0.6 is 0 Å². The molecular weight excluding hydrogens is 124 g/mol. The molecule has 2 nitrogen and oxygen atoms in total. The molecule has 1 heterocycles. The van der Waals surface area contributed by atoms with Crippen LogP contribution in [0, 0.1) is 5.92 Å². The molecule has 60 valence electrons. The summed E-state index contributed by atoms with van der Waals surface area (Å²) in [4.78, 5) is 2.49. The van der Waals surface area contributed by atoms with E-state index in [0.29, 0.717) is 0 Å². The molecule has 0 saturated carbocycles. The third-order valence-corrected chi connectivity index (χ3v) is 1.99. The third kappa shape index (κ3) is 1.96. The van der Waals surface area contributed by atoms with Crippen molar-refractivity contribution in [2.24, 2.45) is 5.92 Å². The molecule has 0 radical (unpaired) electrons. The Bertz CT molecular complexity index is 95.4. The van der Waals surface area contributed by atoms with Gasteiger partial charge in [0.2, 0.25) is 0 Å². The quantitative estimate of drug-likeness (QED) is 0.619. The van der Waals surface area contributed by atoms with Crippen LogP contribution in [-0.2, 0) is 0 Å². The number of likely N-dealkylation sites (tertiary alicyclic amines) is 1. The molecule has 1 N–H and O–H groups in total. The Balaban J connectivity index is 2.03. The molecule has 1 rings (SSSR count). The van der Waals surface area contributed by atoms with E-state index in [4.69, 9.17) is 0 Å². The number of nitrogens with zero attached hydrogens (tertiary/aromatic N) is 1. The van der Waals surface area contributed by atoms with Crippen LogP contribution in [0.25, 0.3) is 0 Å². The van der Waals surface area contributed by atoms with E-state index in [2.05, 4.69) is 24.1 Å². The molecule has 0 bridgehead atoms. The fourth-order valence-electron chi connectivity index (χ4n) is 1.42. The Morgan fingerprint density at radius 3 is 2.50 bits per heavy atom. The summed E-state index contributed by atoms with van der Waals surface area (Å²) in [6, 6.07) is 0.763. The second-order valence-electron chi connectivity index (χ2n) is 3.60. The summed E-state index contributed by atoms with van der Waals surface area (Å²) in [6.45, 7) is 8.29. The van der Waals surface area contributed by atoms with Gasteiger partial charge in [-0.2, -0.15) is 0 Å². The number of nitrogens with one attached hydrogen (secondary N) is 1. The lowest BCUT2D eigenvalue weighted by atomic mass is 10.1. The summed E-state index contributed by atoms with van der Waals surface area (Å²) in [5.41, 5.74) is 0. The monoisotopic (exact) mass is 142 g/mol. The van der Waals surface area contributed by atoms with Crippen LogP contribution in [0.15, 0.2) is 0 Å².